The molecule has 2 N–H and O–H groups in total. The molecule has 1 heterocycles. The minimum atomic E-state index is -0.343. The minimum absolute atomic E-state index is 0.235. The number of hydrogen-bond acceptors (Lipinski definition) is 2. The Labute approximate surface area is 122 Å². The van der Waals surface area contributed by atoms with E-state index in [9.17, 15) is 4.39 Å². The molecule has 0 amide bonds. The summed E-state index contributed by atoms with van der Waals surface area (Å²) >= 11 is 6.74. The Morgan fingerprint density at radius 3 is 2.67 bits per heavy atom. The van der Waals surface area contributed by atoms with E-state index in [4.69, 9.17) is 5.73 Å². The molecule has 0 radical (unpaired) electrons. The maximum atomic E-state index is 13.5. The largest absolute Gasteiger partial charge is 0.322 e. The summed E-state index contributed by atoms with van der Waals surface area (Å²) < 4.78 is 15.2. The van der Waals surface area contributed by atoms with Gasteiger partial charge in [-0.05, 0) is 56.0 Å². The first kappa shape index (κ1) is 13.6. The van der Waals surface area contributed by atoms with Gasteiger partial charge in [-0.25, -0.2) is 4.39 Å². The molecule has 2 rings (SSSR count). The first-order valence-corrected chi connectivity index (χ1v) is 6.96. The average molecular weight is 374 g/mol. The fourth-order valence-electron chi connectivity index (χ4n) is 1.70. The topological polar surface area (TPSA) is 38.9 Å². The molecule has 5 heteroatoms. The number of halogens is 3. The van der Waals surface area contributed by atoms with Crippen LogP contribution < -0.4 is 5.73 Å². The smallest absolute Gasteiger partial charge is 0.126 e. The van der Waals surface area contributed by atoms with Crippen molar-refractivity contribution in [1.29, 1.82) is 0 Å². The summed E-state index contributed by atoms with van der Waals surface area (Å²) in [6, 6.07) is 8.18. The first-order valence-electron chi connectivity index (χ1n) is 5.38. The van der Waals surface area contributed by atoms with E-state index in [1.54, 1.807) is 24.4 Å². The quantitative estimate of drug-likeness (QED) is 0.883. The highest BCUT2D eigenvalue weighted by Gasteiger charge is 2.14. The Balaban J connectivity index is 2.22. The van der Waals surface area contributed by atoms with Crippen LogP contribution in [-0.2, 0) is 6.42 Å². The molecule has 0 bridgehead atoms. The number of pyridine rings is 1. The summed E-state index contributed by atoms with van der Waals surface area (Å²) in [6.45, 7) is 0. The van der Waals surface area contributed by atoms with E-state index in [2.05, 4.69) is 36.8 Å². The average Bonchev–Trinajstić information content (AvgIpc) is 2.32. The van der Waals surface area contributed by atoms with E-state index in [0.717, 1.165) is 14.6 Å². The van der Waals surface area contributed by atoms with Crippen LogP contribution in [0.25, 0.3) is 0 Å². The van der Waals surface area contributed by atoms with E-state index >= 15 is 0 Å². The van der Waals surface area contributed by atoms with Crippen LogP contribution in [0.5, 0.6) is 0 Å². The van der Waals surface area contributed by atoms with Crippen molar-refractivity contribution in [2.45, 2.75) is 12.5 Å². The van der Waals surface area contributed by atoms with Crippen molar-refractivity contribution < 1.29 is 4.39 Å². The molecular formula is C13H11Br2FN2. The molecule has 1 unspecified atom stereocenters. The van der Waals surface area contributed by atoms with Gasteiger partial charge in [0.05, 0.1) is 11.7 Å². The number of nitrogens with two attached hydrogens (primary N) is 1. The zero-order valence-corrected chi connectivity index (χ0v) is 12.6. The lowest BCUT2D eigenvalue weighted by atomic mass is 10.0. The van der Waals surface area contributed by atoms with Gasteiger partial charge in [-0.3, -0.25) is 4.98 Å². The molecule has 0 aliphatic rings. The van der Waals surface area contributed by atoms with Crippen molar-refractivity contribution in [3.63, 3.8) is 0 Å². The van der Waals surface area contributed by atoms with Gasteiger partial charge in [0.15, 0.2) is 0 Å². The van der Waals surface area contributed by atoms with Crippen molar-refractivity contribution >= 4 is 31.9 Å². The van der Waals surface area contributed by atoms with Gasteiger partial charge in [-0.2, -0.15) is 0 Å². The summed E-state index contributed by atoms with van der Waals surface area (Å²) in [6.07, 6.45) is 2.10. The lowest BCUT2D eigenvalue weighted by Gasteiger charge is -2.13. The van der Waals surface area contributed by atoms with Gasteiger partial charge >= 0.3 is 0 Å². The molecule has 2 aromatic rings. The maximum absolute atomic E-state index is 13.5. The highest BCUT2D eigenvalue weighted by Crippen LogP contribution is 2.25. The Morgan fingerprint density at radius 2 is 2.00 bits per heavy atom. The Hall–Kier alpha value is -0.780. The van der Waals surface area contributed by atoms with Gasteiger partial charge in [0, 0.05) is 15.1 Å². The van der Waals surface area contributed by atoms with Gasteiger partial charge in [-0.15, -0.1) is 0 Å². The number of nitrogens with zero attached hydrogens (tertiary/aromatic N) is 1. The molecule has 0 aliphatic carbocycles. The molecule has 0 saturated heterocycles. The molecule has 2 nitrogen and oxygen atoms in total. The number of rotatable bonds is 3. The Bertz CT molecular complexity index is 560. The molecule has 0 saturated carbocycles. The highest BCUT2D eigenvalue weighted by molar-refractivity contribution is 9.11. The maximum Gasteiger partial charge on any atom is 0.126 e. The van der Waals surface area contributed by atoms with Crippen LogP contribution in [0, 0.1) is 5.82 Å². The molecular weight excluding hydrogens is 363 g/mol. The van der Waals surface area contributed by atoms with E-state index in [1.807, 2.05) is 6.07 Å². The van der Waals surface area contributed by atoms with Crippen molar-refractivity contribution in [1.82, 2.24) is 4.98 Å². The summed E-state index contributed by atoms with van der Waals surface area (Å²) in [5.74, 6) is -0.235. The standard InChI is InChI=1S/C13H11Br2FN2/c14-9-6-10(15)13(18-7-9)12(17)5-8-3-1-2-4-11(8)16/h1-4,6-7,12H,5,17H2. The molecule has 0 fully saturated rings. The third kappa shape index (κ3) is 3.16. The van der Waals surface area contributed by atoms with E-state index < -0.39 is 0 Å². The zero-order valence-electron chi connectivity index (χ0n) is 9.41. The second-order valence-corrected chi connectivity index (χ2v) is 5.69. The third-order valence-electron chi connectivity index (χ3n) is 2.59. The molecule has 94 valence electrons. The van der Waals surface area contributed by atoms with Crippen LogP contribution in [-0.4, -0.2) is 4.98 Å². The monoisotopic (exact) mass is 372 g/mol. The predicted molar refractivity (Wildman–Crippen MR) is 76.7 cm³/mol. The van der Waals surface area contributed by atoms with Crippen LogP contribution in [0.3, 0.4) is 0 Å². The van der Waals surface area contributed by atoms with Crippen LogP contribution in [0.1, 0.15) is 17.3 Å². The second kappa shape index (κ2) is 5.91. The first-order chi connectivity index (χ1) is 8.58. The van der Waals surface area contributed by atoms with Gasteiger partial charge < -0.3 is 5.73 Å². The molecule has 18 heavy (non-hydrogen) atoms. The van der Waals surface area contributed by atoms with E-state index in [1.165, 1.54) is 6.07 Å². The van der Waals surface area contributed by atoms with Gasteiger partial charge in [0.2, 0.25) is 0 Å². The predicted octanol–water partition coefficient (Wildman–Crippen LogP) is 3.99. The van der Waals surface area contributed by atoms with Crippen LogP contribution in [0.15, 0.2) is 45.5 Å². The van der Waals surface area contributed by atoms with Crippen LogP contribution in [0.4, 0.5) is 4.39 Å². The third-order valence-corrected chi connectivity index (χ3v) is 3.65. The van der Waals surface area contributed by atoms with Gasteiger partial charge in [0.1, 0.15) is 5.82 Å². The highest BCUT2D eigenvalue weighted by atomic mass is 79.9. The van der Waals surface area contributed by atoms with E-state index in [0.29, 0.717) is 12.0 Å². The molecule has 1 atom stereocenters. The lowest BCUT2D eigenvalue weighted by molar-refractivity contribution is 0.589. The van der Waals surface area contributed by atoms with Gasteiger partial charge in [-0.1, -0.05) is 18.2 Å². The summed E-state index contributed by atoms with van der Waals surface area (Å²) in [5.41, 5.74) is 7.39. The summed E-state index contributed by atoms with van der Waals surface area (Å²) in [7, 11) is 0. The minimum Gasteiger partial charge on any atom is -0.322 e. The SMILES string of the molecule is NC(Cc1ccccc1F)c1ncc(Br)cc1Br. The van der Waals surface area contributed by atoms with Crippen molar-refractivity contribution in [2.24, 2.45) is 5.73 Å². The number of hydrogen-bond donors (Lipinski definition) is 1. The van der Waals surface area contributed by atoms with E-state index in [-0.39, 0.29) is 11.9 Å². The molecule has 0 spiro atoms. The van der Waals surface area contributed by atoms with Crippen molar-refractivity contribution in [3.05, 3.63) is 62.5 Å². The summed E-state index contributed by atoms with van der Waals surface area (Å²) in [4.78, 5) is 4.26. The Kier molecular flexibility index (Phi) is 4.48. The van der Waals surface area contributed by atoms with Crippen molar-refractivity contribution in [2.75, 3.05) is 0 Å². The molecule has 1 aromatic carbocycles. The summed E-state index contributed by atoms with van der Waals surface area (Å²) in [5, 5.41) is 0. The van der Waals surface area contributed by atoms with Crippen LogP contribution >= 0.6 is 31.9 Å². The van der Waals surface area contributed by atoms with Crippen LogP contribution in [0.2, 0.25) is 0 Å². The molecule has 0 aliphatic heterocycles. The zero-order chi connectivity index (χ0) is 13.1. The number of benzene rings is 1. The number of aromatic nitrogens is 1. The molecule has 1 aromatic heterocycles. The Morgan fingerprint density at radius 1 is 1.28 bits per heavy atom. The lowest BCUT2D eigenvalue weighted by Crippen LogP contribution is -2.16. The second-order valence-electron chi connectivity index (χ2n) is 3.92. The fourth-order valence-corrected chi connectivity index (χ4v) is 2.98. The normalized spacial score (nSPS) is 12.4. The van der Waals surface area contributed by atoms with Gasteiger partial charge in [0.25, 0.3) is 0 Å². The fraction of sp³-hybridized carbons (Fsp3) is 0.154. The van der Waals surface area contributed by atoms with Crippen molar-refractivity contribution in [3.8, 4) is 0 Å².